The van der Waals surface area contributed by atoms with Crippen molar-refractivity contribution in [1.82, 2.24) is 4.98 Å². The van der Waals surface area contributed by atoms with Gasteiger partial charge in [-0.1, -0.05) is 13.8 Å². The maximum Gasteiger partial charge on any atom is 0.0566 e. The Balaban J connectivity index is 2.45. The van der Waals surface area contributed by atoms with Crippen LogP contribution in [0.1, 0.15) is 25.8 Å². The number of rotatable bonds is 4. The van der Waals surface area contributed by atoms with E-state index in [1.807, 2.05) is 26.1 Å². The second-order valence-corrected chi connectivity index (χ2v) is 4.78. The average molecular weight is 258 g/mol. The number of aliphatic hydroxyl groups excluding tert-OH is 1. The van der Waals surface area contributed by atoms with Crippen molar-refractivity contribution in [2.45, 2.75) is 32.8 Å². The molecule has 0 aliphatic rings. The number of aryl methyl sites for hydroxylation is 1. The summed E-state index contributed by atoms with van der Waals surface area (Å²) in [6.07, 6.45) is 5.08. The quantitative estimate of drug-likeness (QED) is 0.900. The third-order valence-corrected chi connectivity index (χ3v) is 2.69. The van der Waals surface area contributed by atoms with Crippen LogP contribution >= 0.6 is 15.9 Å². The zero-order valence-electron chi connectivity index (χ0n) is 8.57. The summed E-state index contributed by atoms with van der Waals surface area (Å²) in [6, 6.07) is 2.04. The Morgan fingerprint density at radius 2 is 2.14 bits per heavy atom. The summed E-state index contributed by atoms with van der Waals surface area (Å²) in [5.41, 5.74) is 1.17. The van der Waals surface area contributed by atoms with Crippen LogP contribution in [0.5, 0.6) is 0 Å². The number of aliphatic hydroxyl groups is 1. The molecule has 78 valence electrons. The third kappa shape index (κ3) is 3.76. The Kier molecular flexibility index (Phi) is 4.55. The van der Waals surface area contributed by atoms with Crippen molar-refractivity contribution in [3.63, 3.8) is 0 Å². The molecule has 1 aromatic heterocycles. The molecule has 0 spiro atoms. The first kappa shape index (κ1) is 11.7. The largest absolute Gasteiger partial charge is 0.393 e. The fourth-order valence-electron chi connectivity index (χ4n) is 1.24. The Bertz CT molecular complexity index is 288. The summed E-state index contributed by atoms with van der Waals surface area (Å²) in [7, 11) is 0. The summed E-state index contributed by atoms with van der Waals surface area (Å²) in [4.78, 5) is 4.08. The molecule has 1 N–H and O–H groups in total. The predicted octanol–water partition coefficient (Wildman–Crippen LogP) is 2.79. The van der Waals surface area contributed by atoms with Crippen molar-refractivity contribution in [2.75, 3.05) is 0 Å². The minimum absolute atomic E-state index is 0.214. The van der Waals surface area contributed by atoms with Gasteiger partial charge >= 0.3 is 0 Å². The van der Waals surface area contributed by atoms with E-state index in [1.54, 1.807) is 6.20 Å². The molecule has 1 atom stereocenters. The van der Waals surface area contributed by atoms with E-state index in [2.05, 4.69) is 20.9 Å². The van der Waals surface area contributed by atoms with Crippen LogP contribution in [-0.4, -0.2) is 16.2 Å². The Labute approximate surface area is 93.5 Å². The Morgan fingerprint density at radius 3 is 2.71 bits per heavy atom. The topological polar surface area (TPSA) is 33.1 Å². The van der Waals surface area contributed by atoms with Crippen LogP contribution in [0.2, 0.25) is 0 Å². The molecule has 0 aliphatic heterocycles. The van der Waals surface area contributed by atoms with E-state index < -0.39 is 0 Å². The van der Waals surface area contributed by atoms with Crippen molar-refractivity contribution in [3.8, 4) is 0 Å². The molecule has 3 heteroatoms. The summed E-state index contributed by atoms with van der Waals surface area (Å²) in [5, 5.41) is 9.62. The van der Waals surface area contributed by atoms with Gasteiger partial charge in [0.05, 0.1) is 6.10 Å². The van der Waals surface area contributed by atoms with E-state index in [0.29, 0.717) is 5.92 Å². The van der Waals surface area contributed by atoms with Gasteiger partial charge in [0.1, 0.15) is 0 Å². The average Bonchev–Trinajstić information content (AvgIpc) is 2.14. The second-order valence-electron chi connectivity index (χ2n) is 3.86. The molecule has 0 fully saturated rings. The van der Waals surface area contributed by atoms with Gasteiger partial charge in [-0.3, -0.25) is 4.98 Å². The predicted molar refractivity (Wildman–Crippen MR) is 61.1 cm³/mol. The van der Waals surface area contributed by atoms with Gasteiger partial charge in [-0.25, -0.2) is 0 Å². The molecule has 0 saturated carbocycles. The summed E-state index contributed by atoms with van der Waals surface area (Å²) in [5.74, 6) is 0.329. The molecule has 0 amide bonds. The van der Waals surface area contributed by atoms with Crippen molar-refractivity contribution in [2.24, 2.45) is 5.92 Å². The van der Waals surface area contributed by atoms with Gasteiger partial charge in [0.25, 0.3) is 0 Å². The number of hydrogen-bond acceptors (Lipinski definition) is 2. The van der Waals surface area contributed by atoms with E-state index >= 15 is 0 Å². The van der Waals surface area contributed by atoms with Crippen LogP contribution in [0, 0.1) is 5.92 Å². The second kappa shape index (κ2) is 5.47. The molecule has 1 unspecified atom stereocenters. The molecule has 2 nitrogen and oxygen atoms in total. The van der Waals surface area contributed by atoms with Crippen LogP contribution in [-0.2, 0) is 6.42 Å². The summed E-state index contributed by atoms with van der Waals surface area (Å²) < 4.78 is 0.994. The van der Waals surface area contributed by atoms with Gasteiger partial charge in [0, 0.05) is 16.9 Å². The Hall–Kier alpha value is -0.410. The normalized spacial score (nSPS) is 13.2. The zero-order valence-corrected chi connectivity index (χ0v) is 10.2. The minimum atomic E-state index is -0.214. The fraction of sp³-hybridized carbons (Fsp3) is 0.545. The van der Waals surface area contributed by atoms with Gasteiger partial charge in [0.2, 0.25) is 0 Å². The minimum Gasteiger partial charge on any atom is -0.393 e. The van der Waals surface area contributed by atoms with Crippen molar-refractivity contribution in [3.05, 3.63) is 28.5 Å². The molecule has 0 saturated heterocycles. The highest BCUT2D eigenvalue weighted by Crippen LogP contribution is 2.14. The van der Waals surface area contributed by atoms with Gasteiger partial charge in [0.15, 0.2) is 0 Å². The maximum atomic E-state index is 9.62. The van der Waals surface area contributed by atoms with Crippen LogP contribution < -0.4 is 0 Å². The van der Waals surface area contributed by atoms with E-state index in [1.165, 1.54) is 5.56 Å². The van der Waals surface area contributed by atoms with E-state index in [0.717, 1.165) is 17.3 Å². The van der Waals surface area contributed by atoms with Gasteiger partial charge in [-0.2, -0.15) is 0 Å². The number of aromatic nitrogens is 1. The SMILES string of the molecule is CC(C)C(O)CCc1cncc(Br)c1. The first-order valence-corrected chi connectivity index (χ1v) is 5.66. The van der Waals surface area contributed by atoms with Crippen LogP contribution in [0.25, 0.3) is 0 Å². The molecule has 0 aliphatic carbocycles. The van der Waals surface area contributed by atoms with E-state index in [4.69, 9.17) is 0 Å². The van der Waals surface area contributed by atoms with Gasteiger partial charge < -0.3 is 5.11 Å². The van der Waals surface area contributed by atoms with Gasteiger partial charge in [-0.05, 0) is 46.3 Å². The lowest BCUT2D eigenvalue weighted by atomic mass is 10.0. The van der Waals surface area contributed by atoms with Crippen LogP contribution in [0.4, 0.5) is 0 Å². The third-order valence-electron chi connectivity index (χ3n) is 2.26. The highest BCUT2D eigenvalue weighted by molar-refractivity contribution is 9.10. The van der Waals surface area contributed by atoms with Crippen molar-refractivity contribution >= 4 is 15.9 Å². The molecule has 0 bridgehead atoms. The summed E-state index contributed by atoms with van der Waals surface area (Å²) >= 11 is 3.37. The van der Waals surface area contributed by atoms with Crippen molar-refractivity contribution < 1.29 is 5.11 Å². The first-order valence-electron chi connectivity index (χ1n) is 4.87. The molecule has 1 aromatic rings. The lowest BCUT2D eigenvalue weighted by Gasteiger charge is -2.13. The maximum absolute atomic E-state index is 9.62. The molecule has 0 radical (unpaired) electrons. The van der Waals surface area contributed by atoms with Crippen LogP contribution in [0.3, 0.4) is 0 Å². The zero-order chi connectivity index (χ0) is 10.6. The lowest BCUT2D eigenvalue weighted by molar-refractivity contribution is 0.116. The van der Waals surface area contributed by atoms with Crippen LogP contribution in [0.15, 0.2) is 22.9 Å². The standard InChI is InChI=1S/C11H16BrNO/c1-8(2)11(14)4-3-9-5-10(12)7-13-6-9/h5-8,11,14H,3-4H2,1-2H3. The number of pyridine rings is 1. The molecule has 14 heavy (non-hydrogen) atoms. The molecule has 0 aromatic carbocycles. The van der Waals surface area contributed by atoms with E-state index in [9.17, 15) is 5.11 Å². The fourth-order valence-corrected chi connectivity index (χ4v) is 1.65. The monoisotopic (exact) mass is 257 g/mol. The van der Waals surface area contributed by atoms with E-state index in [-0.39, 0.29) is 6.10 Å². The van der Waals surface area contributed by atoms with Gasteiger partial charge in [-0.15, -0.1) is 0 Å². The first-order chi connectivity index (χ1) is 6.59. The molecular formula is C11H16BrNO. The molecular weight excluding hydrogens is 242 g/mol. The molecule has 1 rings (SSSR count). The Morgan fingerprint density at radius 1 is 1.43 bits per heavy atom. The number of halogens is 1. The lowest BCUT2D eigenvalue weighted by Crippen LogP contribution is -2.15. The van der Waals surface area contributed by atoms with Crippen molar-refractivity contribution in [1.29, 1.82) is 0 Å². The number of nitrogens with zero attached hydrogens (tertiary/aromatic N) is 1. The number of hydrogen-bond donors (Lipinski definition) is 1. The smallest absolute Gasteiger partial charge is 0.0566 e. The molecule has 1 heterocycles. The highest BCUT2D eigenvalue weighted by atomic mass is 79.9. The summed E-state index contributed by atoms with van der Waals surface area (Å²) in [6.45, 7) is 4.06. The highest BCUT2D eigenvalue weighted by Gasteiger charge is 2.08.